The lowest BCUT2D eigenvalue weighted by atomic mass is 9.93. The van der Waals surface area contributed by atoms with Crippen molar-refractivity contribution in [3.05, 3.63) is 24.3 Å². The van der Waals surface area contributed by atoms with Crippen LogP contribution in [0.15, 0.2) is 24.3 Å². The van der Waals surface area contributed by atoms with Gasteiger partial charge in [-0.1, -0.05) is 12.1 Å². The third-order valence-corrected chi connectivity index (χ3v) is 4.87. The number of para-hydroxylation sites is 2. The van der Waals surface area contributed by atoms with Gasteiger partial charge in [-0.25, -0.2) is 0 Å². The first-order valence-corrected chi connectivity index (χ1v) is 7.73. The lowest BCUT2D eigenvalue weighted by molar-refractivity contribution is -0.134. The van der Waals surface area contributed by atoms with Crippen molar-refractivity contribution in [2.75, 3.05) is 23.9 Å². The van der Waals surface area contributed by atoms with E-state index in [0.717, 1.165) is 0 Å². The zero-order chi connectivity index (χ0) is 16.9. The molecule has 1 aromatic rings. The van der Waals surface area contributed by atoms with E-state index in [2.05, 4.69) is 0 Å². The number of carbonyl (C=O) groups excluding carboxylic acids is 3. The van der Waals surface area contributed by atoms with Gasteiger partial charge in [0.25, 0.3) is 11.8 Å². The molecule has 122 valence electrons. The van der Waals surface area contributed by atoms with E-state index in [1.807, 2.05) is 24.3 Å². The molecule has 0 unspecified atom stereocenters. The highest BCUT2D eigenvalue weighted by atomic mass is 16.2. The standard InChI is InChI=1S/C17H21N3O3/c1-17(2)16(23)19(4)11-7-5-6-8-12(11)20(17)15(22)13-9-10-14(21)18(13)3/h5-8,13H,9-10H2,1-4H3/t13-/m1/s1. The van der Waals surface area contributed by atoms with Crippen molar-refractivity contribution in [3.8, 4) is 0 Å². The summed E-state index contributed by atoms with van der Waals surface area (Å²) in [5.41, 5.74) is 0.418. The Balaban J connectivity index is 2.09. The molecule has 0 saturated carbocycles. The Kier molecular flexibility index (Phi) is 3.43. The second-order valence-electron chi connectivity index (χ2n) is 6.64. The highest BCUT2D eigenvalue weighted by Gasteiger charge is 2.49. The molecule has 2 aliphatic heterocycles. The van der Waals surface area contributed by atoms with Crippen LogP contribution in [0.4, 0.5) is 11.4 Å². The van der Waals surface area contributed by atoms with E-state index in [9.17, 15) is 14.4 Å². The number of anilines is 2. The van der Waals surface area contributed by atoms with Crippen molar-refractivity contribution in [1.29, 1.82) is 0 Å². The van der Waals surface area contributed by atoms with Crippen LogP contribution in [0.3, 0.4) is 0 Å². The van der Waals surface area contributed by atoms with E-state index in [1.165, 1.54) is 4.90 Å². The Bertz CT molecular complexity index is 698. The number of carbonyl (C=O) groups is 3. The van der Waals surface area contributed by atoms with E-state index < -0.39 is 11.6 Å². The predicted molar refractivity (Wildman–Crippen MR) is 87.2 cm³/mol. The molecule has 2 aliphatic rings. The smallest absolute Gasteiger partial charge is 0.252 e. The lowest BCUT2D eigenvalue weighted by Gasteiger charge is -2.46. The van der Waals surface area contributed by atoms with Crippen LogP contribution in [0.2, 0.25) is 0 Å². The van der Waals surface area contributed by atoms with Gasteiger partial charge in [0.15, 0.2) is 0 Å². The lowest BCUT2D eigenvalue weighted by Crippen LogP contribution is -2.64. The molecule has 3 amide bonds. The summed E-state index contributed by atoms with van der Waals surface area (Å²) in [6.45, 7) is 3.49. The molecule has 0 bridgehead atoms. The van der Waals surface area contributed by atoms with Gasteiger partial charge in [-0.15, -0.1) is 0 Å². The quantitative estimate of drug-likeness (QED) is 0.787. The van der Waals surface area contributed by atoms with Crippen LogP contribution in [-0.4, -0.2) is 48.3 Å². The summed E-state index contributed by atoms with van der Waals surface area (Å²) in [5.74, 6) is -0.372. The molecule has 1 atom stereocenters. The highest BCUT2D eigenvalue weighted by molar-refractivity contribution is 6.16. The molecule has 3 rings (SSSR count). The Morgan fingerprint density at radius 3 is 2.30 bits per heavy atom. The van der Waals surface area contributed by atoms with Crippen molar-refractivity contribution in [3.63, 3.8) is 0 Å². The number of likely N-dealkylation sites (tertiary alicyclic amines) is 1. The van der Waals surface area contributed by atoms with Gasteiger partial charge in [0.05, 0.1) is 11.4 Å². The first-order chi connectivity index (χ1) is 10.8. The number of benzene rings is 1. The fourth-order valence-electron chi connectivity index (χ4n) is 3.49. The first-order valence-electron chi connectivity index (χ1n) is 7.73. The fourth-order valence-corrected chi connectivity index (χ4v) is 3.49. The largest absolute Gasteiger partial charge is 0.334 e. The maximum atomic E-state index is 13.1. The van der Waals surface area contributed by atoms with Crippen LogP contribution in [-0.2, 0) is 14.4 Å². The zero-order valence-electron chi connectivity index (χ0n) is 13.9. The van der Waals surface area contributed by atoms with E-state index in [4.69, 9.17) is 0 Å². The Morgan fingerprint density at radius 2 is 1.74 bits per heavy atom. The van der Waals surface area contributed by atoms with Crippen molar-refractivity contribution < 1.29 is 14.4 Å². The molecular formula is C17H21N3O3. The molecule has 6 nitrogen and oxygen atoms in total. The number of hydrogen-bond acceptors (Lipinski definition) is 3. The number of hydrogen-bond donors (Lipinski definition) is 0. The molecule has 0 radical (unpaired) electrons. The summed E-state index contributed by atoms with van der Waals surface area (Å²) in [4.78, 5) is 42.3. The van der Waals surface area contributed by atoms with Crippen molar-refractivity contribution in [1.82, 2.24) is 4.90 Å². The van der Waals surface area contributed by atoms with Crippen molar-refractivity contribution in [2.45, 2.75) is 38.3 Å². The van der Waals surface area contributed by atoms with Crippen molar-refractivity contribution >= 4 is 29.1 Å². The molecule has 1 saturated heterocycles. The topological polar surface area (TPSA) is 60.9 Å². The minimum absolute atomic E-state index is 0.0325. The van der Waals surface area contributed by atoms with E-state index >= 15 is 0 Å². The first kappa shape index (κ1) is 15.5. The molecule has 1 aromatic carbocycles. The second-order valence-corrected chi connectivity index (χ2v) is 6.64. The molecule has 2 heterocycles. The van der Waals surface area contributed by atoms with Crippen LogP contribution < -0.4 is 9.80 Å². The molecule has 0 spiro atoms. The molecule has 23 heavy (non-hydrogen) atoms. The predicted octanol–water partition coefficient (Wildman–Crippen LogP) is 1.40. The summed E-state index contributed by atoms with van der Waals surface area (Å²) in [7, 11) is 3.37. The summed E-state index contributed by atoms with van der Waals surface area (Å²) < 4.78 is 0. The van der Waals surface area contributed by atoms with Gasteiger partial charge in [-0.05, 0) is 32.4 Å². The van der Waals surface area contributed by atoms with Gasteiger partial charge >= 0.3 is 0 Å². The summed E-state index contributed by atoms with van der Waals surface area (Å²) in [6, 6.07) is 6.85. The summed E-state index contributed by atoms with van der Waals surface area (Å²) in [5, 5.41) is 0. The van der Waals surface area contributed by atoms with E-state index in [0.29, 0.717) is 24.2 Å². The van der Waals surface area contributed by atoms with Crippen LogP contribution >= 0.6 is 0 Å². The van der Waals surface area contributed by atoms with E-state index in [1.54, 1.807) is 37.7 Å². The summed E-state index contributed by atoms with van der Waals surface area (Å²) >= 11 is 0. The minimum Gasteiger partial charge on any atom is -0.334 e. The van der Waals surface area contributed by atoms with Crippen molar-refractivity contribution in [2.24, 2.45) is 0 Å². The average Bonchev–Trinajstić information content (AvgIpc) is 2.85. The van der Waals surface area contributed by atoms with Crippen LogP contribution in [0, 0.1) is 0 Å². The average molecular weight is 315 g/mol. The number of amides is 3. The van der Waals surface area contributed by atoms with Gasteiger partial charge in [-0.3, -0.25) is 19.3 Å². The molecule has 0 N–H and O–H groups in total. The summed E-state index contributed by atoms with van der Waals surface area (Å²) in [6.07, 6.45) is 0.865. The number of rotatable bonds is 1. The normalized spacial score (nSPS) is 23.3. The van der Waals surface area contributed by atoms with Crippen LogP contribution in [0.5, 0.6) is 0 Å². The Labute approximate surface area is 135 Å². The molecular weight excluding hydrogens is 294 g/mol. The van der Waals surface area contributed by atoms with Crippen LogP contribution in [0.1, 0.15) is 26.7 Å². The number of fused-ring (bicyclic) bond motifs is 1. The van der Waals surface area contributed by atoms with Gasteiger partial charge in [0, 0.05) is 20.5 Å². The van der Waals surface area contributed by atoms with Gasteiger partial charge in [-0.2, -0.15) is 0 Å². The van der Waals surface area contributed by atoms with Crippen LogP contribution in [0.25, 0.3) is 0 Å². The highest BCUT2D eigenvalue weighted by Crippen LogP contribution is 2.40. The van der Waals surface area contributed by atoms with E-state index in [-0.39, 0.29) is 17.7 Å². The maximum Gasteiger partial charge on any atom is 0.252 e. The monoisotopic (exact) mass is 315 g/mol. The number of likely N-dealkylation sites (N-methyl/N-ethyl adjacent to an activating group) is 2. The Hall–Kier alpha value is -2.37. The molecule has 1 fully saturated rings. The third kappa shape index (κ3) is 2.12. The second kappa shape index (κ2) is 5.08. The fraction of sp³-hybridized carbons (Fsp3) is 0.471. The van der Waals surface area contributed by atoms with Gasteiger partial charge in [0.2, 0.25) is 5.91 Å². The SMILES string of the molecule is CN1C(=O)C(C)(C)N(C(=O)[C@H]2CCC(=O)N2C)c2ccccc21. The molecule has 0 aromatic heterocycles. The molecule has 0 aliphatic carbocycles. The third-order valence-electron chi connectivity index (χ3n) is 4.87. The Morgan fingerprint density at radius 1 is 1.13 bits per heavy atom. The van der Waals surface area contributed by atoms with Gasteiger partial charge < -0.3 is 9.80 Å². The minimum atomic E-state index is -0.993. The maximum absolute atomic E-state index is 13.1. The molecule has 6 heteroatoms. The zero-order valence-corrected chi connectivity index (χ0v) is 13.9. The van der Waals surface area contributed by atoms with Gasteiger partial charge in [0.1, 0.15) is 11.6 Å². The number of nitrogens with zero attached hydrogens (tertiary/aromatic N) is 3.